The Labute approximate surface area is 108 Å². The molecule has 2 aromatic rings. The van der Waals surface area contributed by atoms with Gasteiger partial charge in [-0.15, -0.1) is 0 Å². The van der Waals surface area contributed by atoms with E-state index in [0.29, 0.717) is 6.04 Å². The van der Waals surface area contributed by atoms with Crippen molar-refractivity contribution in [3.63, 3.8) is 0 Å². The van der Waals surface area contributed by atoms with Gasteiger partial charge in [-0.2, -0.15) is 5.10 Å². The topological polar surface area (TPSA) is 29.9 Å². The van der Waals surface area contributed by atoms with Gasteiger partial charge in [-0.25, -0.2) is 0 Å². The van der Waals surface area contributed by atoms with Gasteiger partial charge in [0.2, 0.25) is 0 Å². The molecule has 3 rings (SSSR count). The van der Waals surface area contributed by atoms with E-state index in [4.69, 9.17) is 0 Å². The van der Waals surface area contributed by atoms with Crippen molar-refractivity contribution in [1.29, 1.82) is 0 Å². The lowest BCUT2D eigenvalue weighted by Gasteiger charge is -2.22. The van der Waals surface area contributed by atoms with Gasteiger partial charge in [-0.3, -0.25) is 4.68 Å². The molecule has 0 unspecified atom stereocenters. The van der Waals surface area contributed by atoms with E-state index in [2.05, 4.69) is 40.9 Å². The Kier molecular flexibility index (Phi) is 3.42. The van der Waals surface area contributed by atoms with E-state index in [1.54, 1.807) is 0 Å². The monoisotopic (exact) mass is 241 g/mol. The lowest BCUT2D eigenvalue weighted by Crippen LogP contribution is -2.26. The third-order valence-corrected chi connectivity index (χ3v) is 3.55. The Hall–Kier alpha value is -1.61. The fourth-order valence-corrected chi connectivity index (χ4v) is 2.55. The number of piperidine rings is 1. The number of rotatable bonds is 3. The van der Waals surface area contributed by atoms with Crippen LogP contribution in [0.15, 0.2) is 42.7 Å². The Balaban J connectivity index is 1.69. The molecule has 0 amide bonds. The molecule has 0 spiro atoms. The largest absolute Gasteiger partial charge is 0.310 e. The van der Waals surface area contributed by atoms with E-state index >= 15 is 0 Å². The van der Waals surface area contributed by atoms with Crippen molar-refractivity contribution in [2.75, 3.05) is 6.54 Å². The molecular formula is C15H19N3. The molecule has 18 heavy (non-hydrogen) atoms. The molecule has 2 heterocycles. The molecular weight excluding hydrogens is 222 g/mol. The van der Waals surface area contributed by atoms with Crippen molar-refractivity contribution in [1.82, 2.24) is 15.1 Å². The third kappa shape index (κ3) is 2.62. The summed E-state index contributed by atoms with van der Waals surface area (Å²) in [6, 6.07) is 11.0. The quantitative estimate of drug-likeness (QED) is 0.895. The molecule has 1 N–H and O–H groups in total. The predicted octanol–water partition coefficient (Wildman–Crippen LogP) is 2.75. The maximum Gasteiger partial charge on any atom is 0.0659 e. The van der Waals surface area contributed by atoms with Crippen LogP contribution in [-0.2, 0) is 6.54 Å². The number of aromatic nitrogens is 2. The Morgan fingerprint density at radius 3 is 2.89 bits per heavy atom. The molecule has 0 radical (unpaired) electrons. The Morgan fingerprint density at radius 1 is 1.22 bits per heavy atom. The van der Waals surface area contributed by atoms with Crippen LogP contribution in [0.5, 0.6) is 0 Å². The fraction of sp³-hybridized carbons (Fsp3) is 0.400. The highest BCUT2D eigenvalue weighted by Crippen LogP contribution is 2.22. The average Bonchev–Trinajstić information content (AvgIpc) is 2.89. The smallest absolute Gasteiger partial charge is 0.0659 e. The van der Waals surface area contributed by atoms with E-state index in [1.807, 2.05) is 16.9 Å². The summed E-state index contributed by atoms with van der Waals surface area (Å²) in [6.07, 6.45) is 8.04. The summed E-state index contributed by atoms with van der Waals surface area (Å²) >= 11 is 0. The SMILES string of the molecule is c1ccc(Cn2cc([C@@H]3CCCCN3)cn2)cc1. The summed E-state index contributed by atoms with van der Waals surface area (Å²) in [4.78, 5) is 0. The van der Waals surface area contributed by atoms with E-state index in [1.165, 1.54) is 30.4 Å². The van der Waals surface area contributed by atoms with Gasteiger partial charge in [-0.05, 0) is 24.9 Å². The van der Waals surface area contributed by atoms with Crippen molar-refractivity contribution in [2.45, 2.75) is 31.8 Å². The minimum atomic E-state index is 0.503. The summed E-state index contributed by atoms with van der Waals surface area (Å²) < 4.78 is 2.03. The van der Waals surface area contributed by atoms with Crippen LogP contribution in [0.1, 0.15) is 36.4 Å². The molecule has 1 aliphatic rings. The van der Waals surface area contributed by atoms with Crippen LogP contribution in [0.4, 0.5) is 0 Å². The summed E-state index contributed by atoms with van der Waals surface area (Å²) in [6.45, 7) is 1.99. The molecule has 94 valence electrons. The number of hydrogen-bond donors (Lipinski definition) is 1. The van der Waals surface area contributed by atoms with Crippen LogP contribution < -0.4 is 5.32 Å². The standard InChI is InChI=1S/C15H19N3/c1-2-6-13(7-3-1)11-18-12-14(10-17-18)15-8-4-5-9-16-15/h1-3,6-7,10,12,15-16H,4-5,8-9,11H2/t15-/m0/s1. The zero-order chi connectivity index (χ0) is 12.2. The summed E-state index contributed by atoms with van der Waals surface area (Å²) in [7, 11) is 0. The lowest BCUT2D eigenvalue weighted by atomic mass is 10.0. The second-order valence-corrected chi connectivity index (χ2v) is 4.96. The van der Waals surface area contributed by atoms with Gasteiger partial charge in [0.15, 0.2) is 0 Å². The van der Waals surface area contributed by atoms with Gasteiger partial charge in [0, 0.05) is 17.8 Å². The first kappa shape index (κ1) is 11.5. The lowest BCUT2D eigenvalue weighted by molar-refractivity contribution is 0.412. The van der Waals surface area contributed by atoms with Crippen molar-refractivity contribution in [3.05, 3.63) is 53.9 Å². The van der Waals surface area contributed by atoms with Crippen LogP contribution >= 0.6 is 0 Å². The van der Waals surface area contributed by atoms with Crippen LogP contribution in [0.3, 0.4) is 0 Å². The fourth-order valence-electron chi connectivity index (χ4n) is 2.55. The molecule has 3 nitrogen and oxygen atoms in total. The first-order chi connectivity index (χ1) is 8.92. The Morgan fingerprint density at radius 2 is 2.11 bits per heavy atom. The summed E-state index contributed by atoms with van der Waals surface area (Å²) in [5.41, 5.74) is 2.62. The van der Waals surface area contributed by atoms with Crippen molar-refractivity contribution in [3.8, 4) is 0 Å². The molecule has 3 heteroatoms. The van der Waals surface area contributed by atoms with Gasteiger partial charge in [0.25, 0.3) is 0 Å². The normalized spacial score (nSPS) is 19.9. The molecule has 1 saturated heterocycles. The highest BCUT2D eigenvalue weighted by atomic mass is 15.3. The third-order valence-electron chi connectivity index (χ3n) is 3.55. The van der Waals surface area contributed by atoms with E-state index in [9.17, 15) is 0 Å². The number of hydrogen-bond acceptors (Lipinski definition) is 2. The van der Waals surface area contributed by atoms with Crippen LogP contribution in [0, 0.1) is 0 Å². The zero-order valence-electron chi connectivity index (χ0n) is 10.5. The molecule has 1 atom stereocenters. The highest BCUT2D eigenvalue weighted by Gasteiger charge is 2.15. The maximum atomic E-state index is 4.46. The molecule has 1 fully saturated rings. The van der Waals surface area contributed by atoms with Crippen molar-refractivity contribution in [2.24, 2.45) is 0 Å². The summed E-state index contributed by atoms with van der Waals surface area (Å²) in [5, 5.41) is 8.02. The molecule has 0 saturated carbocycles. The predicted molar refractivity (Wildman–Crippen MR) is 72.4 cm³/mol. The molecule has 1 aromatic carbocycles. The minimum absolute atomic E-state index is 0.503. The van der Waals surface area contributed by atoms with Crippen LogP contribution in [-0.4, -0.2) is 16.3 Å². The van der Waals surface area contributed by atoms with Crippen LogP contribution in [0.2, 0.25) is 0 Å². The van der Waals surface area contributed by atoms with Crippen molar-refractivity contribution < 1.29 is 0 Å². The van der Waals surface area contributed by atoms with E-state index in [0.717, 1.165) is 13.1 Å². The number of nitrogens with one attached hydrogen (secondary N) is 1. The first-order valence-corrected chi connectivity index (χ1v) is 6.71. The first-order valence-electron chi connectivity index (χ1n) is 6.71. The maximum absolute atomic E-state index is 4.46. The van der Waals surface area contributed by atoms with Gasteiger partial charge >= 0.3 is 0 Å². The van der Waals surface area contributed by atoms with E-state index < -0.39 is 0 Å². The Bertz CT molecular complexity index is 483. The van der Waals surface area contributed by atoms with Crippen LogP contribution in [0.25, 0.3) is 0 Å². The zero-order valence-corrected chi connectivity index (χ0v) is 10.5. The molecule has 0 aliphatic carbocycles. The molecule has 0 bridgehead atoms. The van der Waals surface area contributed by atoms with Gasteiger partial charge in [-0.1, -0.05) is 36.8 Å². The van der Waals surface area contributed by atoms with Gasteiger partial charge in [0.05, 0.1) is 12.7 Å². The van der Waals surface area contributed by atoms with E-state index in [-0.39, 0.29) is 0 Å². The number of nitrogens with zero attached hydrogens (tertiary/aromatic N) is 2. The highest BCUT2D eigenvalue weighted by molar-refractivity contribution is 5.16. The minimum Gasteiger partial charge on any atom is -0.310 e. The molecule has 1 aliphatic heterocycles. The summed E-state index contributed by atoms with van der Waals surface area (Å²) in [5.74, 6) is 0. The van der Waals surface area contributed by atoms with Gasteiger partial charge in [0.1, 0.15) is 0 Å². The van der Waals surface area contributed by atoms with Gasteiger partial charge < -0.3 is 5.32 Å². The molecule has 1 aromatic heterocycles. The average molecular weight is 241 g/mol. The second-order valence-electron chi connectivity index (χ2n) is 4.96. The number of benzene rings is 1. The second kappa shape index (κ2) is 5.36. The van der Waals surface area contributed by atoms with Crippen molar-refractivity contribution >= 4 is 0 Å².